The molecule has 2 aliphatic heterocycles. The van der Waals surface area contributed by atoms with E-state index in [4.69, 9.17) is 4.74 Å². The number of carbonyl (C=O) groups excluding carboxylic acids is 1. The molecule has 1 unspecified atom stereocenters. The van der Waals surface area contributed by atoms with Gasteiger partial charge in [0.25, 0.3) is 5.91 Å². The Morgan fingerprint density at radius 3 is 2.55 bits per heavy atom. The maximum atomic E-state index is 12.6. The highest BCUT2D eigenvalue weighted by Crippen LogP contribution is 2.27. The van der Waals surface area contributed by atoms with Gasteiger partial charge in [-0.3, -0.25) is 4.79 Å². The van der Waals surface area contributed by atoms with Crippen molar-refractivity contribution in [3.05, 3.63) is 60.2 Å². The van der Waals surface area contributed by atoms with Crippen LogP contribution in [-0.2, 0) is 11.3 Å². The molecule has 2 atom stereocenters. The van der Waals surface area contributed by atoms with Crippen LogP contribution in [-0.4, -0.2) is 64.4 Å². The number of ether oxygens (including phenoxy) is 1. The maximum Gasteiger partial charge on any atom is 0.275 e. The number of amides is 1. The third-order valence-electron chi connectivity index (χ3n) is 6.43. The van der Waals surface area contributed by atoms with Gasteiger partial charge in [0.15, 0.2) is 6.54 Å². The predicted octanol–water partition coefficient (Wildman–Crippen LogP) is -0.236. The minimum absolute atomic E-state index is 0.198. The number of quaternary nitrogens is 2. The number of nitrogens with one attached hydrogen (secondary N) is 3. The molecule has 6 nitrogen and oxygen atoms in total. The van der Waals surface area contributed by atoms with E-state index >= 15 is 0 Å². The van der Waals surface area contributed by atoms with E-state index in [2.05, 4.69) is 52.7 Å². The summed E-state index contributed by atoms with van der Waals surface area (Å²) in [4.78, 5) is 18.0. The average Bonchev–Trinajstić information content (AvgIpc) is 3.22. The van der Waals surface area contributed by atoms with Crippen LogP contribution in [0, 0.1) is 0 Å². The van der Waals surface area contributed by atoms with Crippen molar-refractivity contribution in [2.75, 3.05) is 57.3 Å². The van der Waals surface area contributed by atoms with Crippen molar-refractivity contribution in [2.45, 2.75) is 25.9 Å². The summed E-state index contributed by atoms with van der Waals surface area (Å²) in [6.07, 6.45) is 1.07. The summed E-state index contributed by atoms with van der Waals surface area (Å²) < 4.78 is 5.79. The molecule has 0 radical (unpaired) electrons. The first-order valence-electron chi connectivity index (χ1n) is 11.7. The number of para-hydroxylation sites is 2. The van der Waals surface area contributed by atoms with Gasteiger partial charge in [0.1, 0.15) is 12.3 Å². The molecule has 1 amide bonds. The Hall–Kier alpha value is -2.57. The summed E-state index contributed by atoms with van der Waals surface area (Å²) in [5.74, 6) is 1.15. The number of carbonyl (C=O) groups is 1. The summed E-state index contributed by atoms with van der Waals surface area (Å²) >= 11 is 0. The number of piperazine rings is 1. The third-order valence-corrected chi connectivity index (χ3v) is 6.43. The van der Waals surface area contributed by atoms with Crippen molar-refractivity contribution in [1.82, 2.24) is 5.32 Å². The molecule has 6 heteroatoms. The molecule has 4 rings (SSSR count). The topological polar surface area (TPSA) is 50.5 Å². The van der Waals surface area contributed by atoms with E-state index in [1.54, 1.807) is 4.90 Å². The van der Waals surface area contributed by atoms with Gasteiger partial charge in [-0.15, -0.1) is 0 Å². The van der Waals surface area contributed by atoms with Crippen LogP contribution in [0.1, 0.15) is 18.9 Å². The second-order valence-corrected chi connectivity index (χ2v) is 8.73. The van der Waals surface area contributed by atoms with Crippen LogP contribution in [0.25, 0.3) is 0 Å². The van der Waals surface area contributed by atoms with E-state index < -0.39 is 0 Å². The molecular formula is C25H36N4O2+2. The molecule has 2 aromatic carbocycles. The number of nitrogens with zero attached hydrogens (tertiary/aromatic N) is 1. The fourth-order valence-corrected chi connectivity index (χ4v) is 4.84. The molecule has 31 heavy (non-hydrogen) atoms. The van der Waals surface area contributed by atoms with Crippen molar-refractivity contribution in [1.29, 1.82) is 0 Å². The lowest BCUT2D eigenvalue weighted by Crippen LogP contribution is -3.16. The molecule has 2 fully saturated rings. The number of hydrogen-bond donors (Lipinski definition) is 3. The van der Waals surface area contributed by atoms with Crippen LogP contribution in [0.2, 0.25) is 0 Å². The van der Waals surface area contributed by atoms with Crippen molar-refractivity contribution in [2.24, 2.45) is 0 Å². The molecule has 2 aliphatic rings. The van der Waals surface area contributed by atoms with E-state index in [9.17, 15) is 4.79 Å². The smallest absolute Gasteiger partial charge is 0.275 e. The van der Waals surface area contributed by atoms with E-state index in [1.165, 1.54) is 16.2 Å². The highest BCUT2D eigenvalue weighted by atomic mass is 16.5. The van der Waals surface area contributed by atoms with Gasteiger partial charge >= 0.3 is 0 Å². The Bertz CT molecular complexity index is 836. The fraction of sp³-hybridized carbons (Fsp3) is 0.480. The highest BCUT2D eigenvalue weighted by Gasteiger charge is 2.29. The lowest BCUT2D eigenvalue weighted by Gasteiger charge is -2.34. The number of hydrogen-bond acceptors (Lipinski definition) is 3. The zero-order valence-corrected chi connectivity index (χ0v) is 18.6. The molecular weight excluding hydrogens is 388 g/mol. The summed E-state index contributed by atoms with van der Waals surface area (Å²) in [5, 5.41) is 3.30. The van der Waals surface area contributed by atoms with E-state index in [1.807, 2.05) is 19.1 Å². The Kier molecular flexibility index (Phi) is 7.43. The number of benzene rings is 2. The van der Waals surface area contributed by atoms with Gasteiger partial charge in [0, 0.05) is 12.0 Å². The first kappa shape index (κ1) is 21.7. The van der Waals surface area contributed by atoms with E-state index in [0.717, 1.165) is 58.0 Å². The van der Waals surface area contributed by atoms with Gasteiger partial charge in [-0.2, -0.15) is 0 Å². The number of rotatable bonds is 8. The first-order valence-corrected chi connectivity index (χ1v) is 11.7. The minimum Gasteiger partial charge on any atom is -0.492 e. The second kappa shape index (κ2) is 10.6. The summed E-state index contributed by atoms with van der Waals surface area (Å²) in [6.45, 7) is 10.3. The zero-order chi connectivity index (χ0) is 21.5. The molecule has 2 heterocycles. The van der Waals surface area contributed by atoms with Crippen molar-refractivity contribution in [3.63, 3.8) is 0 Å². The van der Waals surface area contributed by atoms with Crippen LogP contribution in [0.15, 0.2) is 54.6 Å². The van der Waals surface area contributed by atoms with Gasteiger partial charge in [0.05, 0.1) is 57.6 Å². The Morgan fingerprint density at radius 1 is 1.03 bits per heavy atom. The van der Waals surface area contributed by atoms with Gasteiger partial charge < -0.3 is 24.8 Å². The molecule has 0 saturated carbocycles. The van der Waals surface area contributed by atoms with Crippen molar-refractivity contribution >= 4 is 11.6 Å². The Balaban J connectivity index is 1.19. The molecule has 166 valence electrons. The van der Waals surface area contributed by atoms with Gasteiger partial charge in [-0.1, -0.05) is 42.5 Å². The Labute approximate surface area is 185 Å². The normalized spacial score (nSPS) is 21.8. The first-order chi connectivity index (χ1) is 15.2. The minimum atomic E-state index is 0.198. The molecule has 2 aromatic rings. The average molecular weight is 425 g/mol. The number of anilines is 1. The molecule has 0 spiro atoms. The quantitative estimate of drug-likeness (QED) is 0.549. The second-order valence-electron chi connectivity index (χ2n) is 8.73. The zero-order valence-electron chi connectivity index (χ0n) is 18.6. The lowest BCUT2D eigenvalue weighted by atomic mass is 10.2. The van der Waals surface area contributed by atoms with E-state index in [-0.39, 0.29) is 5.91 Å². The molecule has 2 saturated heterocycles. The van der Waals surface area contributed by atoms with Crippen molar-refractivity contribution in [3.8, 4) is 5.75 Å². The maximum absolute atomic E-state index is 12.6. The summed E-state index contributed by atoms with van der Waals surface area (Å²) in [7, 11) is 0. The van der Waals surface area contributed by atoms with E-state index in [0.29, 0.717) is 19.2 Å². The van der Waals surface area contributed by atoms with Crippen LogP contribution < -0.4 is 24.8 Å². The molecule has 0 aliphatic carbocycles. The highest BCUT2D eigenvalue weighted by molar-refractivity contribution is 5.77. The molecule has 3 N–H and O–H groups in total. The summed E-state index contributed by atoms with van der Waals surface area (Å²) in [5.41, 5.74) is 2.54. The van der Waals surface area contributed by atoms with Crippen LogP contribution in [0.5, 0.6) is 5.75 Å². The van der Waals surface area contributed by atoms with Crippen molar-refractivity contribution < 1.29 is 19.3 Å². The van der Waals surface area contributed by atoms with Gasteiger partial charge in [0.2, 0.25) is 0 Å². The van der Waals surface area contributed by atoms with Crippen LogP contribution >= 0.6 is 0 Å². The van der Waals surface area contributed by atoms with Crippen LogP contribution in [0.3, 0.4) is 0 Å². The SMILES string of the molecule is CCOc1ccccc1N1CC[NH+](CC(=O)N[C@@H]2CC[NH+](Cc3ccccc3)C2)CC1. The predicted molar refractivity (Wildman–Crippen MR) is 123 cm³/mol. The largest absolute Gasteiger partial charge is 0.492 e. The summed E-state index contributed by atoms with van der Waals surface area (Å²) in [6, 6.07) is 19.2. The molecule has 0 aromatic heterocycles. The Morgan fingerprint density at radius 2 is 1.77 bits per heavy atom. The van der Waals surface area contributed by atoms with Gasteiger partial charge in [-0.05, 0) is 19.1 Å². The third kappa shape index (κ3) is 5.99. The molecule has 0 bridgehead atoms. The fourth-order valence-electron chi connectivity index (χ4n) is 4.84. The number of likely N-dealkylation sites (tertiary alicyclic amines) is 1. The van der Waals surface area contributed by atoms with Crippen LogP contribution in [0.4, 0.5) is 5.69 Å². The van der Waals surface area contributed by atoms with Gasteiger partial charge in [-0.25, -0.2) is 0 Å². The lowest BCUT2D eigenvalue weighted by molar-refractivity contribution is -0.901. The monoisotopic (exact) mass is 424 g/mol. The standard InChI is InChI=1S/C25H34N4O2/c1-2-31-24-11-7-6-10-23(24)29-16-14-27(15-17-29)20-25(30)26-22-12-13-28(19-22)18-21-8-4-3-5-9-21/h3-11,22H,2,12-20H2,1H3,(H,26,30)/p+2/t22-/m1/s1.